The molecule has 2 atom stereocenters. The lowest BCUT2D eigenvalue weighted by atomic mass is 10.0. The van der Waals surface area contributed by atoms with E-state index in [9.17, 15) is 13.6 Å². The van der Waals surface area contributed by atoms with Crippen LogP contribution < -0.4 is 10.1 Å². The normalized spacial score (nSPS) is 21.4. The average molecular weight is 373 g/mol. The standard InChI is InChI=1S/C20H21F2N3O2/c1-12-11-27-19-17(23-12)9-14(8-13-2-4-15(21)5-3-13)18(24-19)20(26)25-7-6-16(22)10-25/h2-5,9,12,16,23H,6-8,10-11H2,1H3/t12-,16+/m0/s1. The first-order valence-electron chi connectivity index (χ1n) is 9.10. The third-order valence-corrected chi connectivity index (χ3v) is 4.87. The average Bonchev–Trinajstić information content (AvgIpc) is 3.09. The molecule has 3 heterocycles. The summed E-state index contributed by atoms with van der Waals surface area (Å²) < 4.78 is 32.4. The van der Waals surface area contributed by atoms with E-state index in [2.05, 4.69) is 10.3 Å². The van der Waals surface area contributed by atoms with Gasteiger partial charge in [0.05, 0.1) is 18.3 Å². The van der Waals surface area contributed by atoms with Gasteiger partial charge in [-0.1, -0.05) is 12.1 Å². The highest BCUT2D eigenvalue weighted by Gasteiger charge is 2.30. The van der Waals surface area contributed by atoms with Gasteiger partial charge in [0.1, 0.15) is 24.3 Å². The van der Waals surface area contributed by atoms with Gasteiger partial charge in [-0.2, -0.15) is 0 Å². The second-order valence-corrected chi connectivity index (χ2v) is 7.15. The van der Waals surface area contributed by atoms with Crippen LogP contribution in [-0.4, -0.2) is 47.7 Å². The van der Waals surface area contributed by atoms with Crippen molar-refractivity contribution in [3.63, 3.8) is 0 Å². The molecule has 7 heteroatoms. The molecule has 1 saturated heterocycles. The van der Waals surface area contributed by atoms with Crippen molar-refractivity contribution in [2.45, 2.75) is 32.0 Å². The summed E-state index contributed by atoms with van der Waals surface area (Å²) >= 11 is 0. The van der Waals surface area contributed by atoms with Gasteiger partial charge in [0.2, 0.25) is 5.88 Å². The van der Waals surface area contributed by atoms with E-state index in [0.717, 1.165) is 11.3 Å². The zero-order valence-corrected chi connectivity index (χ0v) is 15.0. The lowest BCUT2D eigenvalue weighted by molar-refractivity contribution is 0.0774. The molecule has 5 nitrogen and oxygen atoms in total. The van der Waals surface area contributed by atoms with E-state index in [1.165, 1.54) is 17.0 Å². The van der Waals surface area contributed by atoms with Crippen molar-refractivity contribution >= 4 is 11.6 Å². The number of likely N-dealkylation sites (tertiary alicyclic amines) is 1. The molecule has 0 radical (unpaired) electrons. The van der Waals surface area contributed by atoms with Crippen LogP contribution in [0.4, 0.5) is 14.5 Å². The Morgan fingerprint density at radius 2 is 2.15 bits per heavy atom. The van der Waals surface area contributed by atoms with E-state index in [0.29, 0.717) is 37.4 Å². The Kier molecular flexibility index (Phi) is 4.68. The lowest BCUT2D eigenvalue weighted by Gasteiger charge is -2.26. The zero-order valence-electron chi connectivity index (χ0n) is 15.0. The Labute approximate surface area is 156 Å². The Hall–Kier alpha value is -2.70. The molecule has 2 aliphatic heterocycles. The van der Waals surface area contributed by atoms with Gasteiger partial charge in [-0.15, -0.1) is 0 Å². The van der Waals surface area contributed by atoms with Crippen LogP contribution in [0.5, 0.6) is 5.88 Å². The van der Waals surface area contributed by atoms with Crippen molar-refractivity contribution in [1.29, 1.82) is 0 Å². The lowest BCUT2D eigenvalue weighted by Crippen LogP contribution is -2.33. The number of benzene rings is 1. The highest BCUT2D eigenvalue weighted by Crippen LogP contribution is 2.31. The molecule has 1 amide bonds. The third kappa shape index (κ3) is 3.72. The topological polar surface area (TPSA) is 54.5 Å². The number of nitrogens with one attached hydrogen (secondary N) is 1. The number of pyridine rings is 1. The van der Waals surface area contributed by atoms with Crippen LogP contribution in [0.25, 0.3) is 0 Å². The monoisotopic (exact) mass is 373 g/mol. The SMILES string of the molecule is C[C@H]1COc2nc(C(=O)N3CC[C@@H](F)C3)c(Cc3ccc(F)cc3)cc2N1. The van der Waals surface area contributed by atoms with Gasteiger partial charge in [0.25, 0.3) is 5.91 Å². The molecule has 0 bridgehead atoms. The molecule has 2 aliphatic rings. The van der Waals surface area contributed by atoms with Crippen LogP contribution in [0.1, 0.15) is 35.0 Å². The van der Waals surface area contributed by atoms with Gasteiger partial charge in [-0.05, 0) is 49.1 Å². The number of hydrogen-bond donors (Lipinski definition) is 1. The van der Waals surface area contributed by atoms with Gasteiger partial charge in [-0.25, -0.2) is 13.8 Å². The van der Waals surface area contributed by atoms with E-state index < -0.39 is 6.17 Å². The van der Waals surface area contributed by atoms with E-state index >= 15 is 0 Å². The largest absolute Gasteiger partial charge is 0.474 e. The van der Waals surface area contributed by atoms with Crippen LogP contribution in [0.15, 0.2) is 30.3 Å². The molecule has 1 aromatic carbocycles. The van der Waals surface area contributed by atoms with Gasteiger partial charge >= 0.3 is 0 Å². The molecule has 1 aromatic heterocycles. The summed E-state index contributed by atoms with van der Waals surface area (Å²) in [7, 11) is 0. The van der Waals surface area contributed by atoms with Crippen LogP contribution in [-0.2, 0) is 6.42 Å². The summed E-state index contributed by atoms with van der Waals surface area (Å²) in [6.07, 6.45) is -0.227. The molecule has 0 spiro atoms. The van der Waals surface area contributed by atoms with Crippen LogP contribution in [0.2, 0.25) is 0 Å². The molecule has 0 saturated carbocycles. The Morgan fingerprint density at radius 1 is 1.37 bits per heavy atom. The predicted octanol–water partition coefficient (Wildman–Crippen LogP) is 3.19. The van der Waals surface area contributed by atoms with Gasteiger partial charge in [0, 0.05) is 6.54 Å². The predicted molar refractivity (Wildman–Crippen MR) is 97.4 cm³/mol. The summed E-state index contributed by atoms with van der Waals surface area (Å²) in [6, 6.07) is 8.13. The molecule has 27 heavy (non-hydrogen) atoms. The van der Waals surface area contributed by atoms with E-state index in [1.54, 1.807) is 12.1 Å². The molecule has 0 aliphatic carbocycles. The van der Waals surface area contributed by atoms with E-state index in [4.69, 9.17) is 4.74 Å². The zero-order chi connectivity index (χ0) is 19.0. The summed E-state index contributed by atoms with van der Waals surface area (Å²) in [5.74, 6) is -0.221. The first-order chi connectivity index (χ1) is 13.0. The fourth-order valence-corrected chi connectivity index (χ4v) is 3.46. The van der Waals surface area contributed by atoms with Crippen molar-refractivity contribution in [3.05, 3.63) is 53.0 Å². The molecular weight excluding hydrogens is 352 g/mol. The fourth-order valence-electron chi connectivity index (χ4n) is 3.46. The van der Waals surface area contributed by atoms with Crippen molar-refractivity contribution in [2.24, 2.45) is 0 Å². The number of nitrogens with zero attached hydrogens (tertiary/aromatic N) is 2. The van der Waals surface area contributed by atoms with Crippen molar-refractivity contribution in [2.75, 3.05) is 25.0 Å². The second kappa shape index (κ2) is 7.13. The highest BCUT2D eigenvalue weighted by molar-refractivity contribution is 5.95. The Balaban J connectivity index is 1.71. The van der Waals surface area contributed by atoms with E-state index in [-0.39, 0.29) is 30.0 Å². The maximum absolute atomic E-state index is 13.6. The number of carbonyl (C=O) groups excluding carboxylic acids is 1. The van der Waals surface area contributed by atoms with E-state index in [1.807, 2.05) is 13.0 Å². The van der Waals surface area contributed by atoms with Crippen LogP contribution in [0, 0.1) is 5.82 Å². The minimum absolute atomic E-state index is 0.0870. The molecular formula is C20H21F2N3O2. The fraction of sp³-hybridized carbons (Fsp3) is 0.400. The maximum Gasteiger partial charge on any atom is 0.273 e. The quantitative estimate of drug-likeness (QED) is 0.898. The summed E-state index contributed by atoms with van der Waals surface area (Å²) in [4.78, 5) is 18.9. The number of alkyl halides is 1. The number of hydrogen-bond acceptors (Lipinski definition) is 4. The molecule has 1 fully saturated rings. The van der Waals surface area contributed by atoms with Crippen LogP contribution in [0.3, 0.4) is 0 Å². The summed E-state index contributed by atoms with van der Waals surface area (Å²) in [5.41, 5.74) is 2.57. The van der Waals surface area contributed by atoms with Crippen LogP contribution >= 0.6 is 0 Å². The molecule has 2 aromatic rings. The van der Waals surface area contributed by atoms with Crippen molar-refractivity contribution in [1.82, 2.24) is 9.88 Å². The van der Waals surface area contributed by atoms with Gasteiger partial charge in [0.15, 0.2) is 0 Å². The second-order valence-electron chi connectivity index (χ2n) is 7.15. The Bertz CT molecular complexity index is 857. The number of anilines is 1. The minimum atomic E-state index is -0.995. The summed E-state index contributed by atoms with van der Waals surface area (Å²) in [5, 5.41) is 3.31. The number of amides is 1. The van der Waals surface area contributed by atoms with Crippen molar-refractivity contribution in [3.8, 4) is 5.88 Å². The summed E-state index contributed by atoms with van der Waals surface area (Å²) in [6.45, 7) is 2.92. The molecule has 142 valence electrons. The van der Waals surface area contributed by atoms with Gasteiger partial charge < -0.3 is 15.0 Å². The number of aromatic nitrogens is 1. The minimum Gasteiger partial charge on any atom is -0.474 e. The number of carbonyl (C=O) groups is 1. The van der Waals surface area contributed by atoms with Gasteiger partial charge in [-0.3, -0.25) is 4.79 Å². The number of halogens is 2. The smallest absolute Gasteiger partial charge is 0.273 e. The number of rotatable bonds is 3. The number of ether oxygens (including phenoxy) is 1. The number of fused-ring (bicyclic) bond motifs is 1. The molecule has 4 rings (SSSR count). The first kappa shape index (κ1) is 17.7. The van der Waals surface area contributed by atoms with Crippen molar-refractivity contribution < 1.29 is 18.3 Å². The maximum atomic E-state index is 13.6. The molecule has 0 unspecified atom stereocenters. The molecule has 1 N–H and O–H groups in total. The highest BCUT2D eigenvalue weighted by atomic mass is 19.1. The third-order valence-electron chi connectivity index (χ3n) is 4.87. The first-order valence-corrected chi connectivity index (χ1v) is 9.10. The Morgan fingerprint density at radius 3 is 2.85 bits per heavy atom.